The van der Waals surface area contributed by atoms with Crippen molar-refractivity contribution < 1.29 is 16.8 Å². The Morgan fingerprint density at radius 3 is 1.60 bits per heavy atom. The maximum absolute atomic E-state index is 9.61. The molecule has 0 radical (unpaired) electrons. The number of hydrogen-bond acceptors (Lipinski definition) is 1. The summed E-state index contributed by atoms with van der Waals surface area (Å²) in [6.07, 6.45) is 0. The van der Waals surface area contributed by atoms with E-state index >= 15 is 0 Å². The van der Waals surface area contributed by atoms with Crippen LogP contribution in [-0.4, -0.2) is 0 Å². The molecule has 0 bridgehead atoms. The molecule has 0 saturated heterocycles. The van der Waals surface area contributed by atoms with Gasteiger partial charge in [0, 0.05) is 10.8 Å². The molecule has 0 amide bonds. The van der Waals surface area contributed by atoms with E-state index in [9.17, 15) is 4.11 Å². The van der Waals surface area contributed by atoms with E-state index in [-0.39, 0.29) is 68.5 Å². The van der Waals surface area contributed by atoms with Gasteiger partial charge in [0.15, 0.2) is 0 Å². The highest BCUT2D eigenvalue weighted by atomic mass is 16.3. The molecule has 10 rings (SSSR count). The zero-order chi connectivity index (χ0) is 38.7. The molecule has 10 aromatic rings. The lowest BCUT2D eigenvalue weighted by Gasteiger charge is -2.18. The van der Waals surface area contributed by atoms with Gasteiger partial charge in [-0.25, -0.2) is 0 Å². The van der Waals surface area contributed by atoms with Crippen molar-refractivity contribution >= 4 is 65.0 Å². The molecule has 0 unspecified atom stereocenters. The SMILES string of the molecule is [2H]c1c([2H])c([2H])c2c([2H])c3c(oc4c([2H])c(-c5c6ccccc6c(-c6ccc7cc(-c8ccccc8)ccc7c6)c6ccccc56)c([2H])c([2H])c43)c([2H])c2c1[2H]. The van der Waals surface area contributed by atoms with Gasteiger partial charge in [-0.2, -0.15) is 0 Å². The van der Waals surface area contributed by atoms with Gasteiger partial charge in [0.1, 0.15) is 11.2 Å². The first-order valence-electron chi connectivity index (χ1n) is 19.9. The lowest BCUT2D eigenvalue weighted by molar-refractivity contribution is 0.669. The van der Waals surface area contributed by atoms with Crippen LogP contribution in [0.25, 0.3) is 98.4 Å². The molecule has 1 heteroatoms. The molecule has 0 aliphatic heterocycles. The van der Waals surface area contributed by atoms with E-state index in [1.165, 1.54) is 0 Å². The van der Waals surface area contributed by atoms with Crippen LogP contribution in [-0.2, 0) is 0 Å². The molecule has 0 N–H and O–H groups in total. The van der Waals surface area contributed by atoms with Gasteiger partial charge in [-0.05, 0) is 113 Å². The Kier molecular flexibility index (Phi) is 4.05. The predicted molar refractivity (Wildman–Crippen MR) is 200 cm³/mol. The third-order valence-electron chi connectivity index (χ3n) is 9.05. The Balaban J connectivity index is 1.26. The first kappa shape index (κ1) is 18.7. The van der Waals surface area contributed by atoms with Crippen molar-refractivity contribution in [3.05, 3.63) is 170 Å². The Labute approximate surface area is 284 Å². The molecule has 0 spiro atoms. The predicted octanol–water partition coefficient (Wildman–Crippen LogP) is 13.2. The second-order valence-corrected chi connectivity index (χ2v) is 11.7. The molecule has 47 heavy (non-hydrogen) atoms. The molecule has 218 valence electrons. The van der Waals surface area contributed by atoms with Crippen LogP contribution in [0.15, 0.2) is 174 Å². The van der Waals surface area contributed by atoms with E-state index < -0.39 is 24.2 Å². The van der Waals surface area contributed by atoms with Crippen molar-refractivity contribution in [1.82, 2.24) is 0 Å². The monoisotopic (exact) mass is 605 g/mol. The fourth-order valence-corrected chi connectivity index (χ4v) is 6.90. The highest BCUT2D eigenvalue weighted by Gasteiger charge is 2.18. The Morgan fingerprint density at radius 2 is 0.915 bits per heavy atom. The largest absolute Gasteiger partial charge is 0.456 e. The molecule has 0 atom stereocenters. The van der Waals surface area contributed by atoms with E-state index in [4.69, 9.17) is 12.6 Å². The van der Waals surface area contributed by atoms with Crippen molar-refractivity contribution in [2.24, 2.45) is 0 Å². The van der Waals surface area contributed by atoms with Gasteiger partial charge in [-0.15, -0.1) is 0 Å². The topological polar surface area (TPSA) is 13.1 Å². The second kappa shape index (κ2) is 10.2. The van der Waals surface area contributed by atoms with Crippen LogP contribution in [0.4, 0.5) is 0 Å². The average molecular weight is 606 g/mol. The van der Waals surface area contributed by atoms with Crippen LogP contribution in [0.5, 0.6) is 0 Å². The lowest BCUT2D eigenvalue weighted by Crippen LogP contribution is -1.91. The van der Waals surface area contributed by atoms with Crippen molar-refractivity contribution in [3.8, 4) is 33.4 Å². The zero-order valence-corrected chi connectivity index (χ0v) is 24.9. The maximum Gasteiger partial charge on any atom is 0.136 e. The minimum Gasteiger partial charge on any atom is -0.456 e. The summed E-state index contributed by atoms with van der Waals surface area (Å²) in [5.74, 6) is 0. The minimum atomic E-state index is -0.540. The van der Waals surface area contributed by atoms with E-state index in [0.29, 0.717) is 5.56 Å². The molecule has 1 heterocycles. The van der Waals surface area contributed by atoms with E-state index in [1.54, 1.807) is 0 Å². The van der Waals surface area contributed by atoms with Crippen molar-refractivity contribution in [2.45, 2.75) is 0 Å². The number of rotatable bonds is 3. The summed E-state index contributed by atoms with van der Waals surface area (Å²) in [7, 11) is 0. The quantitative estimate of drug-likeness (QED) is 0.183. The third-order valence-corrected chi connectivity index (χ3v) is 9.05. The highest BCUT2D eigenvalue weighted by Crippen LogP contribution is 2.45. The standard InChI is InChI=1S/C46H28O/c1-2-10-29(11-3-1)32-18-19-34-25-35(21-20-33(34)24-32)45-38-14-6-8-16-40(38)46(41-17-9-7-15-39(41)45)36-22-23-37-42-26-30-12-4-5-13-31(30)27-44(42)47-43(37)28-36/h1-28H/i4D,5D,12D,13D,22D,23D,26D,27D,28D. The third kappa shape index (κ3) is 4.10. The van der Waals surface area contributed by atoms with Crippen LogP contribution < -0.4 is 0 Å². The molecule has 1 nitrogen and oxygen atoms in total. The summed E-state index contributed by atoms with van der Waals surface area (Å²) in [5, 5.41) is 5.15. The summed E-state index contributed by atoms with van der Waals surface area (Å²) in [4.78, 5) is 0. The molecular formula is C46H28O. The Morgan fingerprint density at radius 1 is 0.362 bits per heavy atom. The van der Waals surface area contributed by atoms with E-state index in [0.717, 1.165) is 54.6 Å². The van der Waals surface area contributed by atoms with Gasteiger partial charge < -0.3 is 4.42 Å². The molecule has 0 aliphatic rings. The number of benzene rings is 9. The van der Waals surface area contributed by atoms with Gasteiger partial charge in [0.25, 0.3) is 0 Å². The van der Waals surface area contributed by atoms with Crippen LogP contribution in [0.3, 0.4) is 0 Å². The molecule has 0 saturated carbocycles. The number of hydrogen-bond donors (Lipinski definition) is 0. The Hall–Kier alpha value is -6.18. The summed E-state index contributed by atoms with van der Waals surface area (Å²) in [5.41, 5.74) is 4.77. The van der Waals surface area contributed by atoms with Gasteiger partial charge in [-0.3, -0.25) is 0 Å². The van der Waals surface area contributed by atoms with Crippen LogP contribution >= 0.6 is 0 Å². The molecule has 0 aliphatic carbocycles. The molecular weight excluding hydrogens is 569 g/mol. The summed E-state index contributed by atoms with van der Waals surface area (Å²) in [6.45, 7) is 0. The van der Waals surface area contributed by atoms with Gasteiger partial charge >= 0.3 is 0 Å². The van der Waals surface area contributed by atoms with Gasteiger partial charge in [-0.1, -0.05) is 133 Å². The first-order chi connectivity index (χ1) is 27.1. The second-order valence-electron chi connectivity index (χ2n) is 11.7. The Bertz CT molecular complexity index is 3300. The van der Waals surface area contributed by atoms with Gasteiger partial charge in [0.2, 0.25) is 0 Å². The van der Waals surface area contributed by atoms with Crippen LogP contribution in [0.2, 0.25) is 0 Å². The highest BCUT2D eigenvalue weighted by molar-refractivity contribution is 6.22. The lowest BCUT2D eigenvalue weighted by atomic mass is 9.85. The smallest absolute Gasteiger partial charge is 0.136 e. The minimum absolute atomic E-state index is 0.0108. The number of fused-ring (bicyclic) bond motifs is 7. The van der Waals surface area contributed by atoms with Crippen molar-refractivity contribution in [1.29, 1.82) is 0 Å². The fraction of sp³-hybridized carbons (Fsp3) is 0. The van der Waals surface area contributed by atoms with Crippen LogP contribution in [0.1, 0.15) is 12.3 Å². The maximum atomic E-state index is 9.61. The summed E-state index contributed by atoms with van der Waals surface area (Å²) < 4.78 is 86.2. The van der Waals surface area contributed by atoms with E-state index in [1.807, 2.05) is 66.7 Å². The van der Waals surface area contributed by atoms with Crippen molar-refractivity contribution in [2.75, 3.05) is 0 Å². The molecule has 0 fully saturated rings. The first-order valence-corrected chi connectivity index (χ1v) is 15.4. The molecule has 9 aromatic carbocycles. The number of furan rings is 1. The molecule has 1 aromatic heterocycles. The van der Waals surface area contributed by atoms with E-state index in [2.05, 4.69) is 48.5 Å². The van der Waals surface area contributed by atoms with Gasteiger partial charge in [0.05, 0.1) is 12.3 Å². The summed E-state index contributed by atoms with van der Waals surface area (Å²) >= 11 is 0. The fourth-order valence-electron chi connectivity index (χ4n) is 6.90. The van der Waals surface area contributed by atoms with Crippen molar-refractivity contribution in [3.63, 3.8) is 0 Å². The normalized spacial score (nSPS) is 14.5. The average Bonchev–Trinajstić information content (AvgIpc) is 3.64. The zero-order valence-electron chi connectivity index (χ0n) is 33.9. The van der Waals surface area contributed by atoms with Crippen LogP contribution in [0, 0.1) is 0 Å². The summed E-state index contributed by atoms with van der Waals surface area (Å²) in [6, 6.07) is 35.4.